The predicted molar refractivity (Wildman–Crippen MR) is 114 cm³/mol. The summed E-state index contributed by atoms with van der Waals surface area (Å²) in [5.74, 6) is 0.912. The predicted octanol–water partition coefficient (Wildman–Crippen LogP) is 4.55. The Morgan fingerprint density at radius 2 is 1.82 bits per heavy atom. The summed E-state index contributed by atoms with van der Waals surface area (Å²) in [7, 11) is 0. The van der Waals surface area contributed by atoms with Crippen LogP contribution < -0.4 is 5.32 Å². The summed E-state index contributed by atoms with van der Waals surface area (Å²) < 4.78 is 1.88. The van der Waals surface area contributed by atoms with Gasteiger partial charge in [0.1, 0.15) is 5.82 Å². The van der Waals surface area contributed by atoms with Crippen LogP contribution in [0.5, 0.6) is 5.88 Å². The topological polar surface area (TPSA) is 67.2 Å². The fourth-order valence-electron chi connectivity index (χ4n) is 2.97. The number of hydrogen-bond donors (Lipinski definition) is 2. The van der Waals surface area contributed by atoms with Crippen LogP contribution in [0.2, 0.25) is 0 Å². The third kappa shape index (κ3) is 4.57. The minimum Gasteiger partial charge on any atom is -0.494 e. The maximum Gasteiger partial charge on any atom is 0.235 e. The van der Waals surface area contributed by atoms with E-state index in [9.17, 15) is 9.90 Å². The largest absolute Gasteiger partial charge is 0.494 e. The van der Waals surface area contributed by atoms with Crippen molar-refractivity contribution < 1.29 is 9.90 Å². The molecule has 3 aromatic rings. The maximum absolute atomic E-state index is 12.3. The quantitative estimate of drug-likeness (QED) is 0.576. The Balaban J connectivity index is 1.74. The molecule has 0 aliphatic rings. The van der Waals surface area contributed by atoms with E-state index in [1.165, 1.54) is 17.3 Å². The molecule has 0 radical (unpaired) electrons. The van der Waals surface area contributed by atoms with Crippen molar-refractivity contribution in [1.82, 2.24) is 9.55 Å². The molecule has 2 aromatic heterocycles. The second-order valence-corrected chi connectivity index (χ2v) is 7.65. The first-order chi connectivity index (χ1) is 13.5. The van der Waals surface area contributed by atoms with Crippen LogP contribution in [0.4, 0.5) is 5.82 Å². The van der Waals surface area contributed by atoms with E-state index in [-0.39, 0.29) is 17.5 Å². The number of amides is 1. The SMILES string of the molecule is CCc1ccc(Cn2c(O)c(C)c(C)c2SCC(=O)Nc2ccccn2)cc1. The molecule has 0 spiro atoms. The molecule has 0 saturated heterocycles. The molecular formula is C22H25N3O2S. The molecule has 0 fully saturated rings. The highest BCUT2D eigenvalue weighted by molar-refractivity contribution is 8.00. The van der Waals surface area contributed by atoms with Gasteiger partial charge >= 0.3 is 0 Å². The number of rotatable bonds is 7. The fraction of sp³-hybridized carbons (Fsp3) is 0.273. The number of aromatic nitrogens is 2. The van der Waals surface area contributed by atoms with Crippen LogP contribution in [-0.2, 0) is 17.8 Å². The van der Waals surface area contributed by atoms with E-state index in [0.717, 1.165) is 28.1 Å². The van der Waals surface area contributed by atoms with Crippen LogP contribution in [-0.4, -0.2) is 26.3 Å². The highest BCUT2D eigenvalue weighted by atomic mass is 32.2. The van der Waals surface area contributed by atoms with Crippen molar-refractivity contribution in [2.45, 2.75) is 38.8 Å². The van der Waals surface area contributed by atoms with E-state index in [0.29, 0.717) is 12.4 Å². The normalized spacial score (nSPS) is 10.8. The van der Waals surface area contributed by atoms with Gasteiger partial charge in [0.05, 0.1) is 17.3 Å². The van der Waals surface area contributed by atoms with Crippen LogP contribution in [0.1, 0.15) is 29.2 Å². The molecule has 6 heteroatoms. The van der Waals surface area contributed by atoms with E-state index < -0.39 is 0 Å². The van der Waals surface area contributed by atoms with Crippen molar-refractivity contribution in [2.24, 2.45) is 0 Å². The maximum atomic E-state index is 12.3. The molecule has 0 aliphatic carbocycles. The number of carbonyl (C=O) groups is 1. The summed E-state index contributed by atoms with van der Waals surface area (Å²) in [4.78, 5) is 16.4. The van der Waals surface area contributed by atoms with E-state index in [2.05, 4.69) is 41.5 Å². The van der Waals surface area contributed by atoms with Crippen molar-refractivity contribution in [2.75, 3.05) is 11.1 Å². The van der Waals surface area contributed by atoms with Crippen molar-refractivity contribution in [1.29, 1.82) is 0 Å². The lowest BCUT2D eigenvalue weighted by molar-refractivity contribution is -0.113. The van der Waals surface area contributed by atoms with E-state index in [4.69, 9.17) is 0 Å². The lowest BCUT2D eigenvalue weighted by Gasteiger charge is -2.12. The van der Waals surface area contributed by atoms with Gasteiger partial charge in [-0.15, -0.1) is 0 Å². The van der Waals surface area contributed by atoms with E-state index in [1.54, 1.807) is 18.3 Å². The van der Waals surface area contributed by atoms with Crippen LogP contribution in [0, 0.1) is 13.8 Å². The van der Waals surface area contributed by atoms with Gasteiger partial charge in [-0.2, -0.15) is 0 Å². The third-order valence-electron chi connectivity index (χ3n) is 4.76. The molecular weight excluding hydrogens is 370 g/mol. The monoisotopic (exact) mass is 395 g/mol. The molecule has 5 nitrogen and oxygen atoms in total. The molecule has 2 N–H and O–H groups in total. The van der Waals surface area contributed by atoms with Crippen molar-refractivity contribution >= 4 is 23.5 Å². The minimum atomic E-state index is -0.125. The highest BCUT2D eigenvalue weighted by Crippen LogP contribution is 2.35. The van der Waals surface area contributed by atoms with Crippen molar-refractivity contribution in [3.63, 3.8) is 0 Å². The Hall–Kier alpha value is -2.73. The number of benzene rings is 1. The molecule has 3 rings (SSSR count). The average molecular weight is 396 g/mol. The van der Waals surface area contributed by atoms with E-state index >= 15 is 0 Å². The second kappa shape index (κ2) is 8.97. The standard InChI is InChI=1S/C22H25N3O2S/c1-4-17-8-10-18(11-9-17)13-25-21(27)15(2)16(3)22(25)28-14-20(26)24-19-7-5-6-12-23-19/h5-12,27H,4,13-14H2,1-3H3,(H,23,24,26). The second-order valence-electron chi connectivity index (χ2n) is 6.69. The first-order valence-electron chi connectivity index (χ1n) is 9.29. The fourth-order valence-corrected chi connectivity index (χ4v) is 3.99. The average Bonchev–Trinajstić information content (AvgIpc) is 2.91. The molecule has 0 saturated carbocycles. The number of carbonyl (C=O) groups excluding carboxylic acids is 1. The molecule has 2 heterocycles. The summed E-state index contributed by atoms with van der Waals surface area (Å²) in [6, 6.07) is 13.8. The Morgan fingerprint density at radius 1 is 1.11 bits per heavy atom. The number of aryl methyl sites for hydroxylation is 1. The minimum absolute atomic E-state index is 0.125. The van der Waals surface area contributed by atoms with Gasteiger partial charge in [0.25, 0.3) is 0 Å². The Morgan fingerprint density at radius 3 is 2.46 bits per heavy atom. The lowest BCUT2D eigenvalue weighted by Crippen LogP contribution is -2.15. The van der Waals surface area contributed by atoms with Crippen molar-refractivity contribution in [3.8, 4) is 5.88 Å². The Bertz CT molecular complexity index is 950. The van der Waals surface area contributed by atoms with Gasteiger partial charge in [-0.05, 0) is 49.1 Å². The van der Waals surface area contributed by atoms with Crippen LogP contribution >= 0.6 is 11.8 Å². The highest BCUT2D eigenvalue weighted by Gasteiger charge is 2.18. The van der Waals surface area contributed by atoms with Crippen LogP contribution in [0.25, 0.3) is 0 Å². The number of aromatic hydroxyl groups is 1. The zero-order valence-corrected chi connectivity index (χ0v) is 17.2. The van der Waals surface area contributed by atoms with Gasteiger partial charge in [-0.1, -0.05) is 49.0 Å². The first-order valence-corrected chi connectivity index (χ1v) is 10.3. The number of pyridine rings is 1. The van der Waals surface area contributed by atoms with E-state index in [1.807, 2.05) is 24.5 Å². The molecule has 1 aromatic carbocycles. The summed E-state index contributed by atoms with van der Waals surface area (Å²) >= 11 is 1.43. The van der Waals surface area contributed by atoms with Gasteiger partial charge in [0.2, 0.25) is 5.91 Å². The van der Waals surface area contributed by atoms with Crippen LogP contribution in [0.15, 0.2) is 53.7 Å². The molecule has 28 heavy (non-hydrogen) atoms. The number of nitrogens with one attached hydrogen (secondary N) is 1. The number of anilines is 1. The molecule has 0 bridgehead atoms. The summed E-state index contributed by atoms with van der Waals surface area (Å²) in [5.41, 5.74) is 4.24. The first kappa shape index (κ1) is 20.0. The third-order valence-corrected chi connectivity index (χ3v) is 5.97. The van der Waals surface area contributed by atoms with Gasteiger partial charge in [0, 0.05) is 11.8 Å². The number of nitrogens with zero attached hydrogens (tertiary/aromatic N) is 2. The molecule has 0 aliphatic heterocycles. The summed E-state index contributed by atoms with van der Waals surface area (Å²) in [5, 5.41) is 14.3. The Kier molecular flexibility index (Phi) is 6.41. The number of thioether (sulfide) groups is 1. The zero-order valence-electron chi connectivity index (χ0n) is 16.4. The number of hydrogen-bond acceptors (Lipinski definition) is 4. The van der Waals surface area contributed by atoms with Gasteiger partial charge in [-0.3, -0.25) is 4.79 Å². The summed E-state index contributed by atoms with van der Waals surface area (Å²) in [6.07, 6.45) is 2.64. The molecule has 1 amide bonds. The summed E-state index contributed by atoms with van der Waals surface area (Å²) in [6.45, 7) is 6.57. The zero-order chi connectivity index (χ0) is 20.1. The van der Waals surface area contributed by atoms with Crippen LogP contribution in [0.3, 0.4) is 0 Å². The molecule has 0 unspecified atom stereocenters. The van der Waals surface area contributed by atoms with Gasteiger partial charge in [-0.25, -0.2) is 4.98 Å². The van der Waals surface area contributed by atoms with Gasteiger partial charge < -0.3 is 15.0 Å². The molecule has 146 valence electrons. The molecule has 0 atom stereocenters. The Labute approximate surface area is 169 Å². The smallest absolute Gasteiger partial charge is 0.235 e. The van der Waals surface area contributed by atoms with Gasteiger partial charge in [0.15, 0.2) is 5.88 Å². The lowest BCUT2D eigenvalue weighted by atomic mass is 10.1. The van der Waals surface area contributed by atoms with Crippen molar-refractivity contribution in [3.05, 3.63) is 70.9 Å².